The Hall–Kier alpha value is -3.63. The number of rotatable bonds is 6. The molecule has 0 unspecified atom stereocenters. The highest BCUT2D eigenvalue weighted by Gasteiger charge is 2.30. The molecule has 0 aliphatic carbocycles. The monoisotopic (exact) mass is 527 g/mol. The first-order chi connectivity index (χ1) is 18.2. The summed E-state index contributed by atoms with van der Waals surface area (Å²) in [5.74, 6) is 0.202. The number of methoxy groups -OCH3 is 3. The van der Waals surface area contributed by atoms with Crippen LogP contribution in [-0.2, 0) is 14.3 Å². The van der Waals surface area contributed by atoms with Crippen molar-refractivity contribution < 1.29 is 33.3 Å². The lowest BCUT2D eigenvalue weighted by molar-refractivity contribution is -0.139. The van der Waals surface area contributed by atoms with E-state index in [0.29, 0.717) is 41.4 Å². The highest BCUT2D eigenvalue weighted by Crippen LogP contribution is 2.27. The number of ether oxygens (including phenoxy) is 4. The fourth-order valence-electron chi connectivity index (χ4n) is 4.35. The number of hydrogen-bond acceptors (Lipinski definition) is 7. The van der Waals surface area contributed by atoms with E-state index >= 15 is 0 Å². The van der Waals surface area contributed by atoms with Gasteiger partial charge in [0, 0.05) is 51.5 Å². The van der Waals surface area contributed by atoms with Gasteiger partial charge in [0.2, 0.25) is 5.91 Å². The largest absolute Gasteiger partial charge is 0.497 e. The maximum Gasteiger partial charge on any atom is 0.257 e. The molecular weight excluding hydrogens is 490 g/mol. The molecule has 2 aromatic rings. The maximum atomic E-state index is 13.5. The van der Waals surface area contributed by atoms with Gasteiger partial charge >= 0.3 is 0 Å². The minimum atomic E-state index is -0.323. The molecule has 1 N–H and O–H groups in total. The summed E-state index contributed by atoms with van der Waals surface area (Å²) in [7, 11) is 6.33. The predicted molar refractivity (Wildman–Crippen MR) is 143 cm³/mol. The zero-order valence-corrected chi connectivity index (χ0v) is 22.9. The van der Waals surface area contributed by atoms with Crippen molar-refractivity contribution in [2.75, 3.05) is 60.0 Å². The molecule has 10 heteroatoms. The van der Waals surface area contributed by atoms with Crippen molar-refractivity contribution in [3.8, 4) is 11.5 Å². The van der Waals surface area contributed by atoms with Crippen LogP contribution in [0.25, 0.3) is 0 Å². The van der Waals surface area contributed by atoms with Crippen LogP contribution in [-0.4, -0.2) is 94.3 Å². The Balaban J connectivity index is 1.92. The van der Waals surface area contributed by atoms with E-state index in [1.54, 1.807) is 73.5 Å². The van der Waals surface area contributed by atoms with Crippen LogP contribution in [0.4, 0.5) is 5.69 Å². The number of nitrogens with zero attached hydrogens (tertiary/aromatic N) is 2. The van der Waals surface area contributed by atoms with E-state index < -0.39 is 0 Å². The van der Waals surface area contributed by atoms with Crippen LogP contribution in [0.15, 0.2) is 42.5 Å². The summed E-state index contributed by atoms with van der Waals surface area (Å²) in [6, 6.07) is 11.4. The van der Waals surface area contributed by atoms with Crippen LogP contribution in [0, 0.1) is 5.92 Å². The third-order valence-corrected chi connectivity index (χ3v) is 6.64. The Bertz CT molecular complexity index is 1120. The number of amides is 3. The van der Waals surface area contributed by atoms with Gasteiger partial charge in [-0.25, -0.2) is 0 Å². The average Bonchev–Trinajstić information content (AvgIpc) is 2.92. The van der Waals surface area contributed by atoms with Crippen molar-refractivity contribution in [1.82, 2.24) is 9.80 Å². The van der Waals surface area contributed by atoms with Gasteiger partial charge in [-0.3, -0.25) is 14.4 Å². The summed E-state index contributed by atoms with van der Waals surface area (Å²) in [5, 5.41) is 2.84. The van der Waals surface area contributed by atoms with E-state index in [0.717, 1.165) is 0 Å². The number of fused-ring (bicyclic) bond motifs is 1. The van der Waals surface area contributed by atoms with Gasteiger partial charge in [-0.1, -0.05) is 6.92 Å². The molecule has 3 amide bonds. The Kier molecular flexibility index (Phi) is 10.1. The van der Waals surface area contributed by atoms with Gasteiger partial charge in [-0.05, 0) is 49.4 Å². The first-order valence-electron chi connectivity index (χ1n) is 12.5. The van der Waals surface area contributed by atoms with Crippen LogP contribution in [0.1, 0.15) is 34.6 Å². The molecule has 0 bridgehead atoms. The summed E-state index contributed by atoms with van der Waals surface area (Å²) in [6.45, 7) is 4.74. The normalized spacial score (nSPS) is 20.5. The van der Waals surface area contributed by atoms with Gasteiger partial charge < -0.3 is 34.1 Å². The summed E-state index contributed by atoms with van der Waals surface area (Å²) in [4.78, 5) is 42.4. The van der Waals surface area contributed by atoms with Crippen LogP contribution in [0.2, 0.25) is 0 Å². The molecule has 0 aromatic heterocycles. The van der Waals surface area contributed by atoms with Gasteiger partial charge in [-0.2, -0.15) is 0 Å². The fourth-order valence-corrected chi connectivity index (χ4v) is 4.35. The molecule has 1 aliphatic rings. The Morgan fingerprint density at radius 2 is 1.76 bits per heavy atom. The van der Waals surface area contributed by atoms with E-state index in [9.17, 15) is 14.4 Å². The molecule has 10 nitrogen and oxygen atoms in total. The topological polar surface area (TPSA) is 107 Å². The van der Waals surface area contributed by atoms with Crippen molar-refractivity contribution in [3.05, 3.63) is 53.6 Å². The lowest BCUT2D eigenvalue weighted by Crippen LogP contribution is -2.49. The molecule has 0 saturated carbocycles. The van der Waals surface area contributed by atoms with Crippen LogP contribution >= 0.6 is 0 Å². The molecule has 206 valence electrons. The van der Waals surface area contributed by atoms with Gasteiger partial charge in [0.05, 0.1) is 24.8 Å². The molecule has 38 heavy (non-hydrogen) atoms. The molecular formula is C28H37N3O7. The van der Waals surface area contributed by atoms with Crippen molar-refractivity contribution >= 4 is 23.4 Å². The molecule has 3 atom stereocenters. The fraction of sp³-hybridized carbons (Fsp3) is 0.464. The molecule has 3 rings (SSSR count). The number of likely N-dealkylation sites (N-methyl/N-ethyl adjacent to an activating group) is 1. The van der Waals surface area contributed by atoms with E-state index in [1.807, 2.05) is 13.8 Å². The lowest BCUT2D eigenvalue weighted by Gasteiger charge is -2.36. The highest BCUT2D eigenvalue weighted by molar-refractivity contribution is 6.05. The molecule has 0 saturated heterocycles. The molecule has 0 spiro atoms. The van der Waals surface area contributed by atoms with Gasteiger partial charge in [0.25, 0.3) is 11.8 Å². The SMILES string of the molecule is COCC(=O)N1C[C@@H](C)[C@H](OC)CN(C)C(=O)c2cc(NC(=O)c3ccc(OC)cc3)ccc2OC[C@@H]1C. The first-order valence-corrected chi connectivity index (χ1v) is 12.5. The van der Waals surface area contributed by atoms with Crippen LogP contribution in [0.3, 0.4) is 0 Å². The number of nitrogens with one attached hydrogen (secondary N) is 1. The molecule has 0 radical (unpaired) electrons. The minimum Gasteiger partial charge on any atom is -0.497 e. The second-order valence-corrected chi connectivity index (χ2v) is 9.47. The lowest BCUT2D eigenvalue weighted by atomic mass is 10.0. The minimum absolute atomic E-state index is 0.0407. The summed E-state index contributed by atoms with van der Waals surface area (Å²) in [5.41, 5.74) is 1.19. The summed E-state index contributed by atoms with van der Waals surface area (Å²) in [6.07, 6.45) is -0.309. The van der Waals surface area contributed by atoms with Crippen molar-refractivity contribution in [1.29, 1.82) is 0 Å². The molecule has 1 aliphatic heterocycles. The number of benzene rings is 2. The van der Waals surface area contributed by atoms with E-state index in [4.69, 9.17) is 18.9 Å². The molecule has 1 heterocycles. The van der Waals surface area contributed by atoms with Crippen molar-refractivity contribution in [3.63, 3.8) is 0 Å². The summed E-state index contributed by atoms with van der Waals surface area (Å²) < 4.78 is 22.0. The van der Waals surface area contributed by atoms with Crippen LogP contribution in [0.5, 0.6) is 11.5 Å². The maximum absolute atomic E-state index is 13.5. The van der Waals surface area contributed by atoms with E-state index in [1.165, 1.54) is 7.11 Å². The first kappa shape index (κ1) is 28.9. The standard InChI is InChI=1S/C28H37N3O7/c1-18-14-31(26(32)17-35-4)19(2)16-38-24-12-9-21(13-23(24)28(34)30(3)15-25(18)37-6)29-27(33)20-7-10-22(36-5)11-8-20/h7-13,18-19,25H,14-17H2,1-6H3,(H,29,33)/t18-,19+,25-/m1/s1. The second kappa shape index (κ2) is 13.3. The Morgan fingerprint density at radius 3 is 2.39 bits per heavy atom. The highest BCUT2D eigenvalue weighted by atomic mass is 16.5. The Labute approximate surface area is 223 Å². The predicted octanol–water partition coefficient (Wildman–Crippen LogP) is 2.93. The summed E-state index contributed by atoms with van der Waals surface area (Å²) >= 11 is 0. The third-order valence-electron chi connectivity index (χ3n) is 6.64. The average molecular weight is 528 g/mol. The van der Waals surface area contributed by atoms with E-state index in [2.05, 4.69) is 5.32 Å². The zero-order chi connectivity index (χ0) is 27.8. The smallest absolute Gasteiger partial charge is 0.257 e. The number of carbonyl (C=O) groups excluding carboxylic acids is 3. The van der Waals surface area contributed by atoms with Gasteiger partial charge in [-0.15, -0.1) is 0 Å². The van der Waals surface area contributed by atoms with Gasteiger partial charge in [0.15, 0.2) is 0 Å². The Morgan fingerprint density at radius 1 is 1.05 bits per heavy atom. The quantitative estimate of drug-likeness (QED) is 0.616. The third kappa shape index (κ3) is 7.02. The molecule has 0 fully saturated rings. The van der Waals surface area contributed by atoms with E-state index in [-0.39, 0.29) is 49.0 Å². The number of anilines is 1. The second-order valence-electron chi connectivity index (χ2n) is 9.47. The molecule has 2 aromatic carbocycles. The zero-order valence-electron chi connectivity index (χ0n) is 22.9. The number of hydrogen-bond donors (Lipinski definition) is 1. The van der Waals surface area contributed by atoms with Crippen LogP contribution < -0.4 is 14.8 Å². The number of carbonyl (C=O) groups is 3. The van der Waals surface area contributed by atoms with Crippen molar-refractivity contribution in [2.45, 2.75) is 26.0 Å². The van der Waals surface area contributed by atoms with Crippen molar-refractivity contribution in [2.24, 2.45) is 5.92 Å². The van der Waals surface area contributed by atoms with Gasteiger partial charge in [0.1, 0.15) is 24.7 Å².